The van der Waals surface area contributed by atoms with Crippen LogP contribution in [0.15, 0.2) is 24.3 Å². The van der Waals surface area contributed by atoms with Crippen LogP contribution in [0.5, 0.6) is 5.75 Å². The molecule has 1 saturated heterocycles. The minimum absolute atomic E-state index is 0.359. The van der Waals surface area contributed by atoms with Gasteiger partial charge in [0, 0.05) is 26.7 Å². The van der Waals surface area contributed by atoms with E-state index in [1.165, 1.54) is 18.4 Å². The molecule has 0 bridgehead atoms. The van der Waals surface area contributed by atoms with Crippen molar-refractivity contribution >= 4 is 0 Å². The molecule has 0 amide bonds. The van der Waals surface area contributed by atoms with Crippen LogP contribution >= 0.6 is 0 Å². The molecule has 0 saturated carbocycles. The number of phenolic OH excluding ortho intramolecular Hbond substituents is 1. The highest BCUT2D eigenvalue weighted by molar-refractivity contribution is 5.27. The fourth-order valence-corrected chi connectivity index (χ4v) is 2.85. The van der Waals surface area contributed by atoms with Crippen LogP contribution < -0.4 is 5.32 Å². The third-order valence-corrected chi connectivity index (χ3v) is 3.84. The Bertz CT molecular complexity index is 398. The molecule has 1 atom stereocenters. The predicted octanol–water partition coefficient (Wildman–Crippen LogP) is 1.84. The molecule has 4 heteroatoms. The van der Waals surface area contributed by atoms with Gasteiger partial charge in [-0.3, -0.25) is 4.90 Å². The van der Waals surface area contributed by atoms with Gasteiger partial charge < -0.3 is 15.2 Å². The van der Waals surface area contributed by atoms with E-state index >= 15 is 0 Å². The quantitative estimate of drug-likeness (QED) is 0.747. The Morgan fingerprint density at radius 3 is 3.15 bits per heavy atom. The molecule has 0 aromatic heterocycles. The molecular weight excluding hydrogens is 252 g/mol. The van der Waals surface area contributed by atoms with E-state index in [1.54, 1.807) is 13.2 Å². The Labute approximate surface area is 121 Å². The second kappa shape index (κ2) is 8.25. The summed E-state index contributed by atoms with van der Waals surface area (Å²) in [7, 11) is 1.74. The number of rotatable bonds is 7. The minimum Gasteiger partial charge on any atom is -0.508 e. The van der Waals surface area contributed by atoms with E-state index in [0.29, 0.717) is 5.75 Å². The third-order valence-electron chi connectivity index (χ3n) is 3.84. The summed E-state index contributed by atoms with van der Waals surface area (Å²) in [6.45, 7) is 6.00. The van der Waals surface area contributed by atoms with Crippen molar-refractivity contribution < 1.29 is 9.84 Å². The van der Waals surface area contributed by atoms with Crippen molar-refractivity contribution in [3.63, 3.8) is 0 Å². The molecule has 112 valence electrons. The first-order valence-corrected chi connectivity index (χ1v) is 7.48. The van der Waals surface area contributed by atoms with Gasteiger partial charge in [-0.2, -0.15) is 0 Å². The van der Waals surface area contributed by atoms with Crippen LogP contribution in [0, 0.1) is 5.92 Å². The number of methoxy groups -OCH3 is 1. The summed E-state index contributed by atoms with van der Waals surface area (Å²) >= 11 is 0. The number of aromatic hydroxyl groups is 1. The molecule has 1 heterocycles. The number of ether oxygens (including phenoxy) is 1. The minimum atomic E-state index is 0.359. The number of phenols is 1. The van der Waals surface area contributed by atoms with Crippen molar-refractivity contribution in [3.05, 3.63) is 29.8 Å². The van der Waals surface area contributed by atoms with E-state index in [4.69, 9.17) is 4.74 Å². The first-order valence-electron chi connectivity index (χ1n) is 7.48. The summed E-state index contributed by atoms with van der Waals surface area (Å²) in [5.41, 5.74) is 1.19. The van der Waals surface area contributed by atoms with Crippen LogP contribution in [0.3, 0.4) is 0 Å². The van der Waals surface area contributed by atoms with Crippen LogP contribution in [-0.2, 0) is 11.3 Å². The van der Waals surface area contributed by atoms with Crippen molar-refractivity contribution in [3.8, 4) is 5.75 Å². The van der Waals surface area contributed by atoms with Gasteiger partial charge in [-0.1, -0.05) is 12.1 Å². The number of nitrogens with one attached hydrogen (secondary N) is 1. The highest BCUT2D eigenvalue weighted by atomic mass is 16.5. The Kier molecular flexibility index (Phi) is 6.30. The molecule has 20 heavy (non-hydrogen) atoms. The van der Waals surface area contributed by atoms with Crippen LogP contribution in [0.25, 0.3) is 0 Å². The van der Waals surface area contributed by atoms with E-state index in [0.717, 1.165) is 45.2 Å². The molecule has 1 fully saturated rings. The molecule has 2 rings (SSSR count). The fourth-order valence-electron chi connectivity index (χ4n) is 2.85. The lowest BCUT2D eigenvalue weighted by Crippen LogP contribution is -2.39. The number of hydrogen-bond donors (Lipinski definition) is 2. The summed E-state index contributed by atoms with van der Waals surface area (Å²) < 4.78 is 5.05. The summed E-state index contributed by atoms with van der Waals surface area (Å²) in [5, 5.41) is 13.0. The molecule has 4 nitrogen and oxygen atoms in total. The van der Waals surface area contributed by atoms with E-state index in [9.17, 15) is 5.11 Å². The van der Waals surface area contributed by atoms with Crippen molar-refractivity contribution in [1.29, 1.82) is 0 Å². The number of piperidine rings is 1. The van der Waals surface area contributed by atoms with E-state index < -0.39 is 0 Å². The van der Waals surface area contributed by atoms with Crippen molar-refractivity contribution in [2.45, 2.75) is 19.4 Å². The van der Waals surface area contributed by atoms with Crippen molar-refractivity contribution in [2.75, 3.05) is 39.9 Å². The molecule has 0 spiro atoms. The molecule has 0 radical (unpaired) electrons. The molecule has 2 N–H and O–H groups in total. The third kappa shape index (κ3) is 5.12. The largest absolute Gasteiger partial charge is 0.508 e. The average molecular weight is 278 g/mol. The van der Waals surface area contributed by atoms with Gasteiger partial charge in [-0.05, 0) is 49.5 Å². The smallest absolute Gasteiger partial charge is 0.115 e. The van der Waals surface area contributed by atoms with E-state index in [2.05, 4.69) is 16.3 Å². The van der Waals surface area contributed by atoms with Crippen LogP contribution in [0.2, 0.25) is 0 Å². The van der Waals surface area contributed by atoms with Gasteiger partial charge in [0.1, 0.15) is 5.75 Å². The second-order valence-electron chi connectivity index (χ2n) is 5.61. The zero-order chi connectivity index (χ0) is 14.2. The van der Waals surface area contributed by atoms with E-state index in [1.807, 2.05) is 12.1 Å². The number of benzene rings is 1. The Hall–Kier alpha value is -1.10. The van der Waals surface area contributed by atoms with Gasteiger partial charge >= 0.3 is 0 Å². The molecule has 1 aliphatic heterocycles. The Morgan fingerprint density at radius 1 is 1.45 bits per heavy atom. The van der Waals surface area contributed by atoms with Crippen molar-refractivity contribution in [1.82, 2.24) is 10.2 Å². The van der Waals surface area contributed by atoms with Gasteiger partial charge in [0.2, 0.25) is 0 Å². The zero-order valence-electron chi connectivity index (χ0n) is 12.3. The summed E-state index contributed by atoms with van der Waals surface area (Å²) in [6, 6.07) is 7.58. The number of hydrogen-bond acceptors (Lipinski definition) is 4. The Balaban J connectivity index is 1.75. The second-order valence-corrected chi connectivity index (χ2v) is 5.61. The van der Waals surface area contributed by atoms with Crippen LogP contribution in [0.1, 0.15) is 18.4 Å². The zero-order valence-corrected chi connectivity index (χ0v) is 12.3. The maximum absolute atomic E-state index is 9.52. The first kappa shape index (κ1) is 15.3. The SMILES string of the molecule is COCCNCC1CCCN(Cc2cccc(O)c2)C1. The summed E-state index contributed by atoms with van der Waals surface area (Å²) in [5.74, 6) is 1.08. The maximum atomic E-state index is 9.52. The maximum Gasteiger partial charge on any atom is 0.115 e. The Morgan fingerprint density at radius 2 is 2.35 bits per heavy atom. The normalized spacial score (nSPS) is 20.1. The highest BCUT2D eigenvalue weighted by Gasteiger charge is 2.19. The average Bonchev–Trinajstić information content (AvgIpc) is 2.44. The van der Waals surface area contributed by atoms with Gasteiger partial charge in [0.05, 0.1) is 6.61 Å². The predicted molar refractivity (Wildman–Crippen MR) is 80.9 cm³/mol. The summed E-state index contributed by atoms with van der Waals surface area (Å²) in [4.78, 5) is 2.49. The molecule has 1 aliphatic rings. The fraction of sp³-hybridized carbons (Fsp3) is 0.625. The van der Waals surface area contributed by atoms with Crippen LogP contribution in [-0.4, -0.2) is 49.9 Å². The molecular formula is C16H26N2O2. The van der Waals surface area contributed by atoms with Gasteiger partial charge in [0.15, 0.2) is 0 Å². The molecule has 1 aromatic rings. The lowest BCUT2D eigenvalue weighted by molar-refractivity contribution is 0.159. The molecule has 0 aliphatic carbocycles. The number of likely N-dealkylation sites (tertiary alicyclic amines) is 1. The lowest BCUT2D eigenvalue weighted by atomic mass is 9.97. The topological polar surface area (TPSA) is 44.7 Å². The van der Waals surface area contributed by atoms with Gasteiger partial charge in [-0.25, -0.2) is 0 Å². The highest BCUT2D eigenvalue weighted by Crippen LogP contribution is 2.19. The standard InChI is InChI=1S/C16H26N2O2/c1-20-9-7-17-11-15-5-3-8-18(13-15)12-14-4-2-6-16(19)10-14/h2,4,6,10,15,17,19H,3,5,7-9,11-13H2,1H3. The van der Waals surface area contributed by atoms with Crippen LogP contribution in [0.4, 0.5) is 0 Å². The molecule has 1 unspecified atom stereocenters. The number of nitrogens with zero attached hydrogens (tertiary/aromatic N) is 1. The van der Waals surface area contributed by atoms with E-state index in [-0.39, 0.29) is 0 Å². The van der Waals surface area contributed by atoms with Gasteiger partial charge in [-0.15, -0.1) is 0 Å². The monoisotopic (exact) mass is 278 g/mol. The lowest BCUT2D eigenvalue weighted by Gasteiger charge is -2.33. The molecule has 1 aromatic carbocycles. The van der Waals surface area contributed by atoms with Gasteiger partial charge in [0.25, 0.3) is 0 Å². The van der Waals surface area contributed by atoms with Crippen molar-refractivity contribution in [2.24, 2.45) is 5.92 Å². The summed E-state index contributed by atoms with van der Waals surface area (Å²) in [6.07, 6.45) is 2.56. The first-order chi connectivity index (χ1) is 9.78.